The molecule has 1 aromatic heterocycles. The Morgan fingerprint density at radius 3 is 2.75 bits per heavy atom. The maximum absolute atomic E-state index is 5.80. The van der Waals surface area contributed by atoms with Gasteiger partial charge in [0.05, 0.1) is 0 Å². The summed E-state index contributed by atoms with van der Waals surface area (Å²) in [5, 5.41) is 0. The first-order valence-electron chi connectivity index (χ1n) is 7.31. The van der Waals surface area contributed by atoms with Crippen molar-refractivity contribution < 1.29 is 0 Å². The van der Waals surface area contributed by atoms with Crippen LogP contribution in [-0.2, 0) is 25.9 Å². The van der Waals surface area contributed by atoms with Crippen LogP contribution in [0.4, 0.5) is 5.82 Å². The summed E-state index contributed by atoms with van der Waals surface area (Å²) in [7, 11) is 0. The lowest BCUT2D eigenvalue weighted by molar-refractivity contribution is 0.717. The first-order chi connectivity index (χ1) is 9.80. The van der Waals surface area contributed by atoms with E-state index in [2.05, 4.69) is 48.2 Å². The Balaban J connectivity index is 1.91. The summed E-state index contributed by atoms with van der Waals surface area (Å²) in [6.07, 6.45) is 2.04. The van der Waals surface area contributed by atoms with Gasteiger partial charge in [-0.1, -0.05) is 31.2 Å². The Labute approximate surface area is 120 Å². The van der Waals surface area contributed by atoms with E-state index in [4.69, 9.17) is 10.7 Å². The van der Waals surface area contributed by atoms with E-state index in [1.807, 2.05) is 0 Å². The zero-order valence-corrected chi connectivity index (χ0v) is 12.0. The SMILES string of the molecule is CCc1cc(CN)cc(N2CCc3ccccc3C2)n1. The Bertz CT molecular complexity index is 585. The van der Waals surface area contributed by atoms with E-state index < -0.39 is 0 Å². The number of rotatable bonds is 3. The molecule has 1 aliphatic heterocycles. The summed E-state index contributed by atoms with van der Waals surface area (Å²) in [6.45, 7) is 4.69. The standard InChI is InChI=1S/C17H21N3/c1-2-16-9-13(11-18)10-17(19-16)20-8-7-14-5-3-4-6-15(14)12-20/h3-6,9-10H,2,7-8,11-12,18H2,1H3. The molecule has 104 valence electrons. The second-order valence-electron chi connectivity index (χ2n) is 5.32. The summed E-state index contributed by atoms with van der Waals surface area (Å²) < 4.78 is 0. The molecule has 0 saturated heterocycles. The van der Waals surface area contributed by atoms with Gasteiger partial charge in [0.25, 0.3) is 0 Å². The number of pyridine rings is 1. The van der Waals surface area contributed by atoms with Gasteiger partial charge in [-0.25, -0.2) is 4.98 Å². The monoisotopic (exact) mass is 267 g/mol. The van der Waals surface area contributed by atoms with Gasteiger partial charge in [-0.05, 0) is 41.7 Å². The molecule has 0 fully saturated rings. The van der Waals surface area contributed by atoms with E-state index >= 15 is 0 Å². The molecule has 0 radical (unpaired) electrons. The van der Waals surface area contributed by atoms with Crippen molar-refractivity contribution in [2.24, 2.45) is 5.73 Å². The molecular formula is C17H21N3. The average molecular weight is 267 g/mol. The van der Waals surface area contributed by atoms with Crippen LogP contribution in [0.2, 0.25) is 0 Å². The maximum Gasteiger partial charge on any atom is 0.129 e. The number of nitrogens with zero attached hydrogens (tertiary/aromatic N) is 2. The Hall–Kier alpha value is -1.87. The summed E-state index contributed by atoms with van der Waals surface area (Å²) in [4.78, 5) is 7.13. The van der Waals surface area contributed by atoms with Gasteiger partial charge < -0.3 is 10.6 Å². The van der Waals surface area contributed by atoms with Gasteiger partial charge in [-0.2, -0.15) is 0 Å². The number of fused-ring (bicyclic) bond motifs is 1. The van der Waals surface area contributed by atoms with Crippen LogP contribution in [0, 0.1) is 0 Å². The van der Waals surface area contributed by atoms with E-state index in [0.717, 1.165) is 37.4 Å². The summed E-state index contributed by atoms with van der Waals surface area (Å²) in [5.41, 5.74) is 11.0. The smallest absolute Gasteiger partial charge is 0.129 e. The molecule has 3 rings (SSSR count). The number of aryl methyl sites for hydroxylation is 1. The third kappa shape index (κ3) is 2.54. The van der Waals surface area contributed by atoms with Crippen LogP contribution in [0.3, 0.4) is 0 Å². The predicted molar refractivity (Wildman–Crippen MR) is 82.7 cm³/mol. The molecular weight excluding hydrogens is 246 g/mol. The highest BCUT2D eigenvalue weighted by Gasteiger charge is 2.17. The molecule has 0 aliphatic carbocycles. The van der Waals surface area contributed by atoms with Crippen LogP contribution in [-0.4, -0.2) is 11.5 Å². The van der Waals surface area contributed by atoms with Crippen molar-refractivity contribution >= 4 is 5.82 Å². The number of benzene rings is 1. The van der Waals surface area contributed by atoms with Gasteiger partial charge >= 0.3 is 0 Å². The number of hydrogen-bond donors (Lipinski definition) is 1. The number of aromatic nitrogens is 1. The molecule has 2 N–H and O–H groups in total. The quantitative estimate of drug-likeness (QED) is 0.929. The second-order valence-corrected chi connectivity index (χ2v) is 5.32. The Morgan fingerprint density at radius 2 is 2.00 bits per heavy atom. The van der Waals surface area contributed by atoms with Crippen molar-refractivity contribution in [3.63, 3.8) is 0 Å². The molecule has 0 unspecified atom stereocenters. The minimum absolute atomic E-state index is 0.576. The molecule has 0 bridgehead atoms. The van der Waals surface area contributed by atoms with Crippen molar-refractivity contribution in [2.45, 2.75) is 32.9 Å². The van der Waals surface area contributed by atoms with Gasteiger partial charge in [-0.3, -0.25) is 0 Å². The van der Waals surface area contributed by atoms with Crippen molar-refractivity contribution in [1.82, 2.24) is 4.98 Å². The molecule has 20 heavy (non-hydrogen) atoms. The average Bonchev–Trinajstić information content (AvgIpc) is 2.53. The zero-order chi connectivity index (χ0) is 13.9. The first-order valence-corrected chi connectivity index (χ1v) is 7.31. The molecule has 1 aliphatic rings. The second kappa shape index (κ2) is 5.63. The molecule has 2 heterocycles. The molecule has 0 spiro atoms. The minimum atomic E-state index is 0.576. The van der Waals surface area contributed by atoms with E-state index in [0.29, 0.717) is 6.54 Å². The lowest BCUT2D eigenvalue weighted by atomic mass is 10.00. The van der Waals surface area contributed by atoms with Crippen molar-refractivity contribution in [3.05, 3.63) is 58.8 Å². The maximum atomic E-state index is 5.80. The summed E-state index contributed by atoms with van der Waals surface area (Å²) in [5.74, 6) is 1.07. The fourth-order valence-electron chi connectivity index (χ4n) is 2.79. The molecule has 1 aromatic carbocycles. The normalized spacial score (nSPS) is 14.2. The van der Waals surface area contributed by atoms with Gasteiger partial charge in [0.15, 0.2) is 0 Å². The molecule has 0 saturated carbocycles. The third-order valence-electron chi connectivity index (χ3n) is 3.98. The molecule has 0 atom stereocenters. The molecule has 0 amide bonds. The van der Waals surface area contributed by atoms with Crippen LogP contribution >= 0.6 is 0 Å². The highest BCUT2D eigenvalue weighted by molar-refractivity contribution is 5.46. The largest absolute Gasteiger partial charge is 0.352 e. The van der Waals surface area contributed by atoms with Crippen molar-refractivity contribution in [1.29, 1.82) is 0 Å². The van der Waals surface area contributed by atoms with E-state index in [1.54, 1.807) is 0 Å². The Kier molecular flexibility index (Phi) is 3.70. The van der Waals surface area contributed by atoms with Crippen molar-refractivity contribution in [2.75, 3.05) is 11.4 Å². The van der Waals surface area contributed by atoms with Crippen LogP contribution in [0.25, 0.3) is 0 Å². The van der Waals surface area contributed by atoms with Crippen molar-refractivity contribution in [3.8, 4) is 0 Å². The fraction of sp³-hybridized carbons (Fsp3) is 0.353. The summed E-state index contributed by atoms with van der Waals surface area (Å²) in [6, 6.07) is 12.9. The topological polar surface area (TPSA) is 42.1 Å². The van der Waals surface area contributed by atoms with E-state index in [1.165, 1.54) is 16.7 Å². The minimum Gasteiger partial charge on any atom is -0.352 e. The fourth-order valence-corrected chi connectivity index (χ4v) is 2.79. The van der Waals surface area contributed by atoms with Crippen LogP contribution in [0.5, 0.6) is 0 Å². The van der Waals surface area contributed by atoms with Gasteiger partial charge in [-0.15, -0.1) is 0 Å². The number of anilines is 1. The van der Waals surface area contributed by atoms with Gasteiger partial charge in [0.2, 0.25) is 0 Å². The van der Waals surface area contributed by atoms with E-state index in [9.17, 15) is 0 Å². The van der Waals surface area contributed by atoms with Gasteiger partial charge in [0.1, 0.15) is 5.82 Å². The zero-order valence-electron chi connectivity index (χ0n) is 12.0. The number of nitrogens with two attached hydrogens (primary N) is 1. The third-order valence-corrected chi connectivity index (χ3v) is 3.98. The Morgan fingerprint density at radius 1 is 1.20 bits per heavy atom. The highest BCUT2D eigenvalue weighted by Crippen LogP contribution is 2.24. The first kappa shape index (κ1) is 13.1. The van der Waals surface area contributed by atoms with Crippen LogP contribution < -0.4 is 10.6 Å². The highest BCUT2D eigenvalue weighted by atomic mass is 15.2. The molecule has 3 heteroatoms. The lowest BCUT2D eigenvalue weighted by Crippen LogP contribution is -2.31. The summed E-state index contributed by atoms with van der Waals surface area (Å²) >= 11 is 0. The predicted octanol–water partition coefficient (Wildman–Crippen LogP) is 2.67. The molecule has 2 aromatic rings. The molecule has 3 nitrogen and oxygen atoms in total. The number of hydrogen-bond acceptors (Lipinski definition) is 3. The van der Waals surface area contributed by atoms with Crippen LogP contribution in [0.15, 0.2) is 36.4 Å². The lowest BCUT2D eigenvalue weighted by Gasteiger charge is -2.30. The van der Waals surface area contributed by atoms with E-state index in [-0.39, 0.29) is 0 Å². The van der Waals surface area contributed by atoms with Crippen LogP contribution in [0.1, 0.15) is 29.3 Å². The van der Waals surface area contributed by atoms with Gasteiger partial charge in [0, 0.05) is 25.3 Å².